The first-order valence-corrected chi connectivity index (χ1v) is 8.97. The van der Waals surface area contributed by atoms with E-state index in [4.69, 9.17) is 4.74 Å². The van der Waals surface area contributed by atoms with Crippen molar-refractivity contribution in [1.82, 2.24) is 9.80 Å². The minimum absolute atomic E-state index is 0.0372. The van der Waals surface area contributed by atoms with Crippen LogP contribution >= 0.6 is 11.8 Å². The van der Waals surface area contributed by atoms with Gasteiger partial charge in [0.15, 0.2) is 6.61 Å². The number of hydrogen-bond acceptors (Lipinski definition) is 4. The molecule has 0 aromatic heterocycles. The van der Waals surface area contributed by atoms with Crippen LogP contribution in [0.4, 0.5) is 0 Å². The first-order valence-electron chi connectivity index (χ1n) is 7.98. The third-order valence-corrected chi connectivity index (χ3v) is 6.13. The third-order valence-electron chi connectivity index (χ3n) is 4.57. The first-order chi connectivity index (χ1) is 11.1. The van der Waals surface area contributed by atoms with Crippen molar-refractivity contribution in [3.05, 3.63) is 30.3 Å². The van der Waals surface area contributed by atoms with Crippen LogP contribution in [0.3, 0.4) is 0 Å². The number of rotatable bonds is 3. The van der Waals surface area contributed by atoms with E-state index in [0.717, 1.165) is 38.2 Å². The van der Waals surface area contributed by atoms with E-state index in [2.05, 4.69) is 0 Å². The van der Waals surface area contributed by atoms with Crippen LogP contribution in [0.15, 0.2) is 30.3 Å². The van der Waals surface area contributed by atoms with E-state index in [1.807, 2.05) is 51.9 Å². The lowest BCUT2D eigenvalue weighted by Crippen LogP contribution is -2.54. The van der Waals surface area contributed by atoms with Crippen molar-refractivity contribution in [2.75, 3.05) is 32.0 Å². The van der Waals surface area contributed by atoms with E-state index in [-0.39, 0.29) is 23.3 Å². The average molecular weight is 334 g/mol. The van der Waals surface area contributed by atoms with Gasteiger partial charge in [-0.05, 0) is 25.0 Å². The summed E-state index contributed by atoms with van der Waals surface area (Å²) in [6.07, 6.45) is 1.68. The van der Waals surface area contributed by atoms with E-state index in [0.29, 0.717) is 5.75 Å². The van der Waals surface area contributed by atoms with Crippen LogP contribution in [-0.4, -0.2) is 58.5 Å². The summed E-state index contributed by atoms with van der Waals surface area (Å²) in [5.74, 6) is 1.83. The Morgan fingerprint density at radius 2 is 1.87 bits per heavy atom. The molecule has 1 aromatic carbocycles. The number of hydrogen-bond donors (Lipinski definition) is 0. The lowest BCUT2D eigenvalue weighted by molar-refractivity contribution is -0.138. The second kappa shape index (κ2) is 6.83. The molecule has 5 nitrogen and oxygen atoms in total. The molecule has 2 aliphatic heterocycles. The molecule has 0 radical (unpaired) electrons. The van der Waals surface area contributed by atoms with Gasteiger partial charge in [-0.15, -0.1) is 11.8 Å². The number of ether oxygens (including phenoxy) is 1. The van der Waals surface area contributed by atoms with E-state index >= 15 is 0 Å². The molecule has 0 aliphatic carbocycles. The summed E-state index contributed by atoms with van der Waals surface area (Å²) in [6.45, 7) is 3.90. The Balaban J connectivity index is 1.60. The van der Waals surface area contributed by atoms with Crippen molar-refractivity contribution in [2.24, 2.45) is 0 Å². The standard InChI is InChI=1S/C17H22N2O3S/c1-14(20)18-9-7-17(8-10-18)19(11-12-23-17)16(21)13-22-15-5-3-2-4-6-15/h2-6H,7-13H2,1H3. The molecule has 0 atom stereocenters. The lowest BCUT2D eigenvalue weighted by atomic mass is 10.0. The zero-order valence-corrected chi connectivity index (χ0v) is 14.2. The summed E-state index contributed by atoms with van der Waals surface area (Å²) in [6, 6.07) is 9.42. The Hall–Kier alpha value is -1.69. The highest BCUT2D eigenvalue weighted by Crippen LogP contribution is 2.43. The average Bonchev–Trinajstić information content (AvgIpc) is 2.97. The lowest BCUT2D eigenvalue weighted by Gasteiger charge is -2.43. The quantitative estimate of drug-likeness (QED) is 0.848. The second-order valence-electron chi connectivity index (χ2n) is 5.95. The number of piperidine rings is 1. The maximum atomic E-state index is 12.6. The van der Waals surface area contributed by atoms with Crippen LogP contribution in [-0.2, 0) is 9.59 Å². The van der Waals surface area contributed by atoms with Crippen molar-refractivity contribution in [3.8, 4) is 5.75 Å². The van der Waals surface area contributed by atoms with Gasteiger partial charge < -0.3 is 14.5 Å². The molecule has 6 heteroatoms. The monoisotopic (exact) mass is 334 g/mol. The largest absolute Gasteiger partial charge is 0.484 e. The van der Waals surface area contributed by atoms with Crippen molar-refractivity contribution in [3.63, 3.8) is 0 Å². The molecule has 0 bridgehead atoms. The maximum Gasteiger partial charge on any atom is 0.261 e. The molecule has 2 aliphatic rings. The van der Waals surface area contributed by atoms with Crippen LogP contribution in [0.2, 0.25) is 0 Å². The molecule has 2 saturated heterocycles. The Morgan fingerprint density at radius 3 is 2.52 bits per heavy atom. The maximum absolute atomic E-state index is 12.6. The van der Waals surface area contributed by atoms with Gasteiger partial charge >= 0.3 is 0 Å². The predicted octanol–water partition coefficient (Wildman–Crippen LogP) is 1.98. The van der Waals surface area contributed by atoms with Gasteiger partial charge in [-0.25, -0.2) is 0 Å². The van der Waals surface area contributed by atoms with Crippen LogP contribution in [0.25, 0.3) is 0 Å². The summed E-state index contributed by atoms with van der Waals surface area (Å²) in [5.41, 5.74) is 0. The van der Waals surface area contributed by atoms with Gasteiger partial charge in [0.2, 0.25) is 5.91 Å². The fourth-order valence-corrected chi connectivity index (χ4v) is 4.76. The molecular formula is C17H22N2O3S. The van der Waals surface area contributed by atoms with Gasteiger partial charge in [-0.3, -0.25) is 9.59 Å². The Bertz CT molecular complexity index is 570. The molecule has 2 amide bonds. The molecular weight excluding hydrogens is 312 g/mol. The molecule has 23 heavy (non-hydrogen) atoms. The van der Waals surface area contributed by atoms with E-state index in [9.17, 15) is 9.59 Å². The van der Waals surface area contributed by atoms with Gasteiger partial charge in [0.1, 0.15) is 5.75 Å². The SMILES string of the molecule is CC(=O)N1CCC2(CC1)SCCN2C(=O)COc1ccccc1. The van der Waals surface area contributed by atoms with E-state index in [1.165, 1.54) is 0 Å². The number of benzene rings is 1. The highest BCUT2D eigenvalue weighted by atomic mass is 32.2. The highest BCUT2D eigenvalue weighted by Gasteiger charge is 2.46. The minimum atomic E-state index is -0.150. The molecule has 124 valence electrons. The second-order valence-corrected chi connectivity index (χ2v) is 7.40. The van der Waals surface area contributed by atoms with Crippen molar-refractivity contribution in [1.29, 1.82) is 0 Å². The normalized spacial score (nSPS) is 19.9. The number of nitrogens with zero attached hydrogens (tertiary/aromatic N) is 2. The Labute approximate surface area is 141 Å². The van der Waals surface area contributed by atoms with E-state index in [1.54, 1.807) is 6.92 Å². The van der Waals surface area contributed by atoms with Gasteiger partial charge in [0.05, 0.1) is 4.87 Å². The number of amides is 2. The highest BCUT2D eigenvalue weighted by molar-refractivity contribution is 8.00. The van der Waals surface area contributed by atoms with Crippen LogP contribution in [0, 0.1) is 0 Å². The zero-order chi connectivity index (χ0) is 16.3. The minimum Gasteiger partial charge on any atom is -0.484 e. The number of para-hydroxylation sites is 1. The molecule has 2 heterocycles. The van der Waals surface area contributed by atoms with E-state index < -0.39 is 0 Å². The van der Waals surface area contributed by atoms with Gasteiger partial charge in [-0.2, -0.15) is 0 Å². The molecule has 0 saturated carbocycles. The predicted molar refractivity (Wildman–Crippen MR) is 90.3 cm³/mol. The summed E-state index contributed by atoms with van der Waals surface area (Å²) < 4.78 is 5.61. The molecule has 0 unspecified atom stereocenters. The van der Waals surface area contributed by atoms with Gasteiger partial charge in [-0.1, -0.05) is 18.2 Å². The fourth-order valence-electron chi connectivity index (χ4n) is 3.29. The summed E-state index contributed by atoms with van der Waals surface area (Å²) in [7, 11) is 0. The molecule has 1 spiro atoms. The first kappa shape index (κ1) is 16.2. The van der Waals surface area contributed by atoms with Crippen LogP contribution in [0.5, 0.6) is 5.75 Å². The molecule has 1 aromatic rings. The Morgan fingerprint density at radius 1 is 1.17 bits per heavy atom. The smallest absolute Gasteiger partial charge is 0.261 e. The molecule has 3 rings (SSSR count). The van der Waals surface area contributed by atoms with Crippen molar-refractivity contribution < 1.29 is 14.3 Å². The zero-order valence-electron chi connectivity index (χ0n) is 13.4. The number of likely N-dealkylation sites (tertiary alicyclic amines) is 1. The summed E-state index contributed by atoms with van der Waals surface area (Å²) >= 11 is 1.85. The number of carbonyl (C=O) groups is 2. The van der Waals surface area contributed by atoms with Crippen molar-refractivity contribution in [2.45, 2.75) is 24.6 Å². The summed E-state index contributed by atoms with van der Waals surface area (Å²) in [4.78, 5) is 27.8. The summed E-state index contributed by atoms with van der Waals surface area (Å²) in [5, 5.41) is 0. The molecule has 2 fully saturated rings. The topological polar surface area (TPSA) is 49.9 Å². The van der Waals surface area contributed by atoms with Crippen molar-refractivity contribution >= 4 is 23.6 Å². The fraction of sp³-hybridized carbons (Fsp3) is 0.529. The van der Waals surface area contributed by atoms with Crippen LogP contribution < -0.4 is 4.74 Å². The number of thioether (sulfide) groups is 1. The van der Waals surface area contributed by atoms with Gasteiger partial charge in [0.25, 0.3) is 5.91 Å². The molecule has 0 N–H and O–H groups in total. The van der Waals surface area contributed by atoms with Gasteiger partial charge in [0, 0.05) is 32.3 Å². The van der Waals surface area contributed by atoms with Crippen LogP contribution in [0.1, 0.15) is 19.8 Å². The number of carbonyl (C=O) groups excluding carboxylic acids is 2. The third kappa shape index (κ3) is 3.47. The Kier molecular flexibility index (Phi) is 4.80.